The summed E-state index contributed by atoms with van der Waals surface area (Å²) in [7, 11) is 0. The van der Waals surface area contributed by atoms with Gasteiger partial charge in [-0.25, -0.2) is 0 Å². The summed E-state index contributed by atoms with van der Waals surface area (Å²) in [6.45, 7) is 9.51. The van der Waals surface area contributed by atoms with Gasteiger partial charge in [0.05, 0.1) is 18.3 Å². The molecule has 1 N–H and O–H groups in total. The molecular weight excluding hydrogens is 226 g/mol. The number of rotatable bonds is 4. The fourth-order valence-corrected chi connectivity index (χ4v) is 1.84. The van der Waals surface area contributed by atoms with Crippen molar-refractivity contribution < 1.29 is 9.84 Å². The lowest BCUT2D eigenvalue weighted by Crippen LogP contribution is -2.39. The van der Waals surface area contributed by atoms with Gasteiger partial charge in [0, 0.05) is 6.54 Å². The molecule has 1 atom stereocenters. The summed E-state index contributed by atoms with van der Waals surface area (Å²) in [5, 5.41) is 9.80. The zero-order valence-corrected chi connectivity index (χ0v) is 11.6. The van der Waals surface area contributed by atoms with E-state index in [4.69, 9.17) is 4.74 Å². The van der Waals surface area contributed by atoms with Gasteiger partial charge in [-0.3, -0.25) is 0 Å². The molecule has 3 nitrogen and oxygen atoms in total. The molecule has 0 amide bonds. The first kappa shape index (κ1) is 16.2. The van der Waals surface area contributed by atoms with E-state index < -0.39 is 0 Å². The summed E-state index contributed by atoms with van der Waals surface area (Å²) in [4.78, 5) is 2.33. The fourth-order valence-electron chi connectivity index (χ4n) is 1.84. The molecule has 1 saturated heterocycles. The minimum absolute atomic E-state index is 0. The smallest absolute Gasteiger partial charge is 0.0900 e. The minimum atomic E-state index is -0.345. The van der Waals surface area contributed by atoms with E-state index in [0.717, 1.165) is 19.6 Å². The number of β-amino-alcohol motifs (C(OH)–C–C–N with tert-alkyl or cyclic N) is 1. The molecule has 0 saturated carbocycles. The molecule has 98 valence electrons. The minimum Gasteiger partial charge on any atom is -0.389 e. The van der Waals surface area contributed by atoms with Crippen molar-refractivity contribution in [2.75, 3.05) is 26.2 Å². The van der Waals surface area contributed by atoms with Gasteiger partial charge in [0.1, 0.15) is 0 Å². The summed E-state index contributed by atoms with van der Waals surface area (Å²) in [6.07, 6.45) is 3.53. The third-order valence-electron chi connectivity index (χ3n) is 2.63. The second-order valence-electron chi connectivity index (χ2n) is 5.44. The van der Waals surface area contributed by atoms with Gasteiger partial charge in [0.25, 0.3) is 0 Å². The van der Waals surface area contributed by atoms with Crippen molar-refractivity contribution in [1.82, 2.24) is 4.90 Å². The topological polar surface area (TPSA) is 32.7 Å². The first-order valence-corrected chi connectivity index (χ1v) is 6.02. The number of piperidine rings is 1. The van der Waals surface area contributed by atoms with E-state index in [1.807, 2.05) is 20.8 Å². The first-order chi connectivity index (χ1) is 6.97. The van der Waals surface area contributed by atoms with E-state index in [2.05, 4.69) is 4.90 Å². The number of hydrogen-bond donors (Lipinski definition) is 1. The molecule has 4 heteroatoms. The molecule has 0 spiro atoms. The predicted molar refractivity (Wildman–Crippen MR) is 69.3 cm³/mol. The Labute approximate surface area is 106 Å². The molecule has 1 fully saturated rings. The zero-order valence-electron chi connectivity index (χ0n) is 10.7. The van der Waals surface area contributed by atoms with Gasteiger partial charge < -0.3 is 14.7 Å². The van der Waals surface area contributed by atoms with Gasteiger partial charge >= 0.3 is 0 Å². The first-order valence-electron chi connectivity index (χ1n) is 6.02. The van der Waals surface area contributed by atoms with Crippen LogP contribution in [-0.2, 0) is 4.74 Å². The van der Waals surface area contributed by atoms with Crippen LogP contribution in [0.3, 0.4) is 0 Å². The Kier molecular flexibility index (Phi) is 7.57. The van der Waals surface area contributed by atoms with Gasteiger partial charge in [-0.05, 0) is 46.7 Å². The van der Waals surface area contributed by atoms with Crippen molar-refractivity contribution in [2.45, 2.75) is 51.7 Å². The van der Waals surface area contributed by atoms with Crippen molar-refractivity contribution >= 4 is 12.4 Å². The monoisotopic (exact) mass is 251 g/mol. The maximum absolute atomic E-state index is 9.80. The van der Waals surface area contributed by atoms with E-state index in [0.29, 0.717) is 6.61 Å². The van der Waals surface area contributed by atoms with Crippen molar-refractivity contribution in [3.05, 3.63) is 0 Å². The number of aliphatic hydroxyl groups excluding tert-OH is 1. The lowest BCUT2D eigenvalue weighted by molar-refractivity contribution is -0.0570. The van der Waals surface area contributed by atoms with Crippen molar-refractivity contribution in [3.8, 4) is 0 Å². The van der Waals surface area contributed by atoms with Crippen molar-refractivity contribution in [2.24, 2.45) is 0 Å². The maximum atomic E-state index is 9.80. The van der Waals surface area contributed by atoms with Gasteiger partial charge in [-0.15, -0.1) is 12.4 Å². The van der Waals surface area contributed by atoms with Crippen LogP contribution in [0.15, 0.2) is 0 Å². The molecular formula is C12H26ClNO2. The van der Waals surface area contributed by atoms with E-state index in [1.54, 1.807) is 0 Å². The Morgan fingerprint density at radius 2 is 1.75 bits per heavy atom. The van der Waals surface area contributed by atoms with Crippen LogP contribution < -0.4 is 0 Å². The number of likely N-dealkylation sites (tertiary alicyclic amines) is 1. The third kappa shape index (κ3) is 7.44. The average Bonchev–Trinajstić information content (AvgIpc) is 2.15. The molecule has 0 aromatic rings. The number of nitrogens with zero attached hydrogens (tertiary/aromatic N) is 1. The van der Waals surface area contributed by atoms with E-state index >= 15 is 0 Å². The van der Waals surface area contributed by atoms with Crippen molar-refractivity contribution in [1.29, 1.82) is 0 Å². The summed E-state index contributed by atoms with van der Waals surface area (Å²) in [5.74, 6) is 0. The number of hydrogen-bond acceptors (Lipinski definition) is 3. The Balaban J connectivity index is 0.00000225. The van der Waals surface area contributed by atoms with Crippen molar-refractivity contribution in [3.63, 3.8) is 0 Å². The lowest BCUT2D eigenvalue weighted by atomic mass is 10.1. The summed E-state index contributed by atoms with van der Waals surface area (Å²) >= 11 is 0. The van der Waals surface area contributed by atoms with Crippen LogP contribution in [0, 0.1) is 0 Å². The van der Waals surface area contributed by atoms with E-state index in [1.165, 1.54) is 19.3 Å². The second kappa shape index (κ2) is 7.49. The molecule has 0 aromatic carbocycles. The molecule has 0 bridgehead atoms. The highest BCUT2D eigenvalue weighted by molar-refractivity contribution is 5.85. The van der Waals surface area contributed by atoms with Gasteiger partial charge in [0.2, 0.25) is 0 Å². The molecule has 1 rings (SSSR count). The fraction of sp³-hybridized carbons (Fsp3) is 1.00. The SMILES string of the molecule is CC(C)(C)OCC(O)CN1CCCCC1.Cl. The molecule has 0 aliphatic carbocycles. The predicted octanol–water partition coefficient (Wildman–Crippen LogP) is 2.07. The van der Waals surface area contributed by atoms with Gasteiger partial charge in [-0.2, -0.15) is 0 Å². The summed E-state index contributed by atoms with van der Waals surface area (Å²) < 4.78 is 5.56. The average molecular weight is 252 g/mol. The highest BCUT2D eigenvalue weighted by atomic mass is 35.5. The van der Waals surface area contributed by atoms with Crippen LogP contribution in [0.2, 0.25) is 0 Å². The zero-order chi connectivity index (χ0) is 11.3. The Morgan fingerprint density at radius 1 is 1.19 bits per heavy atom. The maximum Gasteiger partial charge on any atom is 0.0900 e. The summed E-state index contributed by atoms with van der Waals surface area (Å²) in [5.41, 5.74) is -0.150. The van der Waals surface area contributed by atoms with E-state index in [9.17, 15) is 5.11 Å². The highest BCUT2D eigenvalue weighted by Gasteiger charge is 2.17. The molecule has 1 aliphatic heterocycles. The highest BCUT2D eigenvalue weighted by Crippen LogP contribution is 2.11. The number of aliphatic hydroxyl groups is 1. The van der Waals surface area contributed by atoms with Gasteiger partial charge in [0.15, 0.2) is 0 Å². The molecule has 0 aromatic heterocycles. The van der Waals surface area contributed by atoms with Gasteiger partial charge in [-0.1, -0.05) is 6.42 Å². The number of ether oxygens (including phenoxy) is 1. The number of halogens is 1. The van der Waals surface area contributed by atoms with Crippen LogP contribution in [0.25, 0.3) is 0 Å². The standard InChI is InChI=1S/C12H25NO2.ClH/c1-12(2,3)15-10-11(14)9-13-7-5-4-6-8-13;/h11,14H,4-10H2,1-3H3;1H. The molecule has 1 aliphatic rings. The van der Waals surface area contributed by atoms with Crippen LogP contribution in [0.4, 0.5) is 0 Å². The van der Waals surface area contributed by atoms with Crippen LogP contribution >= 0.6 is 12.4 Å². The Hall–Kier alpha value is 0.170. The largest absolute Gasteiger partial charge is 0.389 e. The lowest BCUT2D eigenvalue weighted by Gasteiger charge is -2.29. The normalized spacial score (nSPS) is 20.2. The van der Waals surface area contributed by atoms with Crippen LogP contribution in [0.1, 0.15) is 40.0 Å². The molecule has 16 heavy (non-hydrogen) atoms. The quantitative estimate of drug-likeness (QED) is 0.831. The summed E-state index contributed by atoms with van der Waals surface area (Å²) in [6, 6.07) is 0. The Morgan fingerprint density at radius 3 is 2.25 bits per heavy atom. The Bertz CT molecular complexity index is 176. The van der Waals surface area contributed by atoms with E-state index in [-0.39, 0.29) is 24.1 Å². The third-order valence-corrected chi connectivity index (χ3v) is 2.63. The van der Waals surface area contributed by atoms with Crippen LogP contribution in [0.5, 0.6) is 0 Å². The second-order valence-corrected chi connectivity index (χ2v) is 5.44. The van der Waals surface area contributed by atoms with Crippen LogP contribution in [-0.4, -0.2) is 48.0 Å². The molecule has 1 unspecified atom stereocenters. The molecule has 0 radical (unpaired) electrons. The molecule has 1 heterocycles.